The molecule has 2 heterocycles. The predicted molar refractivity (Wildman–Crippen MR) is 131 cm³/mol. The zero-order valence-corrected chi connectivity index (χ0v) is 20.3. The van der Waals surface area contributed by atoms with Gasteiger partial charge in [0, 0.05) is 23.6 Å². The summed E-state index contributed by atoms with van der Waals surface area (Å²) in [6, 6.07) is 13.7. The first-order chi connectivity index (χ1) is 16.0. The molecular formula is C23H23N5O3S2. The summed E-state index contributed by atoms with van der Waals surface area (Å²) in [5, 5.41) is 14.5. The van der Waals surface area contributed by atoms with Crippen LogP contribution >= 0.6 is 23.1 Å². The van der Waals surface area contributed by atoms with Gasteiger partial charge in [0.15, 0.2) is 27.6 Å². The number of benzene rings is 2. The first-order valence-corrected chi connectivity index (χ1v) is 11.9. The second-order valence-corrected chi connectivity index (χ2v) is 8.98. The quantitative estimate of drug-likeness (QED) is 0.366. The standard InChI is InChI=1S/C23H23N5O3S2/c1-14-5-7-15(8-6-14)17-12-32-22(24-17)25-20(29)13-33-23-27-26-21(28(23)2)16-9-10-18(30-3)19(11-16)31-4/h5-12H,13H2,1-4H3,(H,24,25,29). The fraction of sp³-hybridized carbons (Fsp3) is 0.217. The van der Waals surface area contributed by atoms with Gasteiger partial charge >= 0.3 is 0 Å². The molecule has 0 radical (unpaired) electrons. The van der Waals surface area contributed by atoms with Crippen molar-refractivity contribution in [1.82, 2.24) is 19.7 Å². The molecule has 1 N–H and O–H groups in total. The van der Waals surface area contributed by atoms with E-state index >= 15 is 0 Å². The smallest absolute Gasteiger partial charge is 0.236 e. The molecule has 1 amide bonds. The molecule has 2 aromatic heterocycles. The summed E-state index contributed by atoms with van der Waals surface area (Å²) in [6.45, 7) is 2.04. The average Bonchev–Trinajstić information content (AvgIpc) is 3.44. The number of aromatic nitrogens is 4. The maximum atomic E-state index is 12.5. The van der Waals surface area contributed by atoms with Gasteiger partial charge in [-0.15, -0.1) is 21.5 Å². The monoisotopic (exact) mass is 481 g/mol. The largest absolute Gasteiger partial charge is 0.493 e. The number of rotatable bonds is 8. The van der Waals surface area contributed by atoms with Gasteiger partial charge in [-0.1, -0.05) is 41.6 Å². The van der Waals surface area contributed by atoms with Gasteiger partial charge in [-0.3, -0.25) is 4.79 Å². The predicted octanol–water partition coefficient (Wildman–Crippen LogP) is 4.66. The molecule has 0 aliphatic rings. The van der Waals surface area contributed by atoms with E-state index in [1.807, 2.05) is 66.4 Å². The number of methoxy groups -OCH3 is 2. The van der Waals surface area contributed by atoms with Gasteiger partial charge < -0.3 is 19.4 Å². The van der Waals surface area contributed by atoms with Gasteiger partial charge in [0.05, 0.1) is 25.7 Å². The number of hydrogen-bond acceptors (Lipinski definition) is 8. The molecule has 8 nitrogen and oxygen atoms in total. The van der Waals surface area contributed by atoms with E-state index in [0.29, 0.717) is 27.6 Å². The van der Waals surface area contributed by atoms with Crippen LogP contribution in [0.25, 0.3) is 22.6 Å². The Morgan fingerprint density at radius 2 is 1.79 bits per heavy atom. The number of thioether (sulfide) groups is 1. The molecule has 0 saturated carbocycles. The van der Waals surface area contributed by atoms with Gasteiger partial charge in [0.2, 0.25) is 5.91 Å². The number of hydrogen-bond donors (Lipinski definition) is 1. The Labute approximate surface area is 200 Å². The minimum Gasteiger partial charge on any atom is -0.493 e. The third-order valence-electron chi connectivity index (χ3n) is 4.91. The number of nitrogens with one attached hydrogen (secondary N) is 1. The van der Waals surface area contributed by atoms with Crippen LogP contribution in [0.15, 0.2) is 53.0 Å². The van der Waals surface area contributed by atoms with Crippen molar-refractivity contribution in [2.45, 2.75) is 12.1 Å². The maximum Gasteiger partial charge on any atom is 0.236 e. The molecule has 0 fully saturated rings. The summed E-state index contributed by atoms with van der Waals surface area (Å²) < 4.78 is 12.5. The average molecular weight is 482 g/mol. The summed E-state index contributed by atoms with van der Waals surface area (Å²) in [5.41, 5.74) is 3.90. The zero-order chi connectivity index (χ0) is 23.4. The molecule has 0 atom stereocenters. The number of amides is 1. The molecule has 4 aromatic rings. The van der Waals surface area contributed by atoms with E-state index in [9.17, 15) is 4.79 Å². The van der Waals surface area contributed by atoms with Crippen LogP contribution in [0.4, 0.5) is 5.13 Å². The number of thiazole rings is 1. The zero-order valence-electron chi connectivity index (χ0n) is 18.7. The molecule has 2 aromatic carbocycles. The van der Waals surface area contributed by atoms with Crippen LogP contribution in [-0.4, -0.2) is 45.6 Å². The van der Waals surface area contributed by atoms with Crippen LogP contribution in [0, 0.1) is 6.92 Å². The summed E-state index contributed by atoms with van der Waals surface area (Å²) in [4.78, 5) is 17.0. The van der Waals surface area contributed by atoms with Gasteiger partial charge in [0.1, 0.15) is 0 Å². The molecule has 0 spiro atoms. The number of carbonyl (C=O) groups excluding carboxylic acids is 1. The van der Waals surface area contributed by atoms with Crippen molar-refractivity contribution >= 4 is 34.1 Å². The number of nitrogens with zero attached hydrogens (tertiary/aromatic N) is 4. The highest BCUT2D eigenvalue weighted by Gasteiger charge is 2.16. The Hall–Kier alpha value is -3.37. The molecule has 0 unspecified atom stereocenters. The SMILES string of the molecule is COc1ccc(-c2nnc(SCC(=O)Nc3nc(-c4ccc(C)cc4)cs3)n2C)cc1OC. The molecular weight excluding hydrogens is 458 g/mol. The fourth-order valence-corrected chi connectivity index (χ4v) is 4.59. The van der Waals surface area contributed by atoms with E-state index in [1.165, 1.54) is 28.7 Å². The number of carbonyl (C=O) groups is 1. The molecule has 33 heavy (non-hydrogen) atoms. The Morgan fingerprint density at radius 3 is 2.52 bits per heavy atom. The molecule has 0 aliphatic heterocycles. The lowest BCUT2D eigenvalue weighted by atomic mass is 10.1. The Balaban J connectivity index is 1.39. The van der Waals surface area contributed by atoms with E-state index in [2.05, 4.69) is 20.5 Å². The molecule has 0 bridgehead atoms. The lowest BCUT2D eigenvalue weighted by molar-refractivity contribution is -0.113. The Kier molecular flexibility index (Phi) is 6.95. The Bertz CT molecular complexity index is 1270. The van der Waals surface area contributed by atoms with Crippen molar-refractivity contribution in [3.05, 3.63) is 53.4 Å². The van der Waals surface area contributed by atoms with E-state index < -0.39 is 0 Å². The lowest BCUT2D eigenvalue weighted by Crippen LogP contribution is -2.14. The third-order valence-corrected chi connectivity index (χ3v) is 6.68. The van der Waals surface area contributed by atoms with E-state index in [1.54, 1.807) is 14.2 Å². The highest BCUT2D eigenvalue weighted by molar-refractivity contribution is 7.99. The fourth-order valence-electron chi connectivity index (χ4n) is 3.14. The highest BCUT2D eigenvalue weighted by Crippen LogP contribution is 2.32. The van der Waals surface area contributed by atoms with Crippen molar-refractivity contribution in [2.75, 3.05) is 25.3 Å². The third kappa shape index (κ3) is 5.18. The molecule has 10 heteroatoms. The summed E-state index contributed by atoms with van der Waals surface area (Å²) >= 11 is 2.71. The van der Waals surface area contributed by atoms with E-state index in [0.717, 1.165) is 16.8 Å². The van der Waals surface area contributed by atoms with E-state index in [-0.39, 0.29) is 11.7 Å². The minimum absolute atomic E-state index is 0.152. The number of ether oxygens (including phenoxy) is 2. The first-order valence-electron chi connectivity index (χ1n) is 10.1. The highest BCUT2D eigenvalue weighted by atomic mass is 32.2. The van der Waals surface area contributed by atoms with Crippen LogP contribution in [0.2, 0.25) is 0 Å². The first kappa shape index (κ1) is 22.8. The van der Waals surface area contributed by atoms with Crippen LogP contribution in [0.1, 0.15) is 5.56 Å². The summed E-state index contributed by atoms with van der Waals surface area (Å²) in [7, 11) is 5.04. The molecule has 4 rings (SSSR count). The van der Waals surface area contributed by atoms with Gasteiger partial charge in [0.25, 0.3) is 0 Å². The Morgan fingerprint density at radius 1 is 1.06 bits per heavy atom. The van der Waals surface area contributed by atoms with E-state index in [4.69, 9.17) is 9.47 Å². The topological polar surface area (TPSA) is 91.2 Å². The maximum absolute atomic E-state index is 12.5. The molecule has 0 aliphatic carbocycles. The van der Waals surface area contributed by atoms with Gasteiger partial charge in [-0.05, 0) is 25.1 Å². The van der Waals surface area contributed by atoms with Crippen LogP contribution in [0.5, 0.6) is 11.5 Å². The minimum atomic E-state index is -0.152. The van der Waals surface area contributed by atoms with Crippen LogP contribution in [-0.2, 0) is 11.8 Å². The number of aryl methyl sites for hydroxylation is 1. The molecule has 0 saturated heterocycles. The number of anilines is 1. The summed E-state index contributed by atoms with van der Waals surface area (Å²) in [5.74, 6) is 1.96. The molecule has 170 valence electrons. The van der Waals surface area contributed by atoms with Crippen LogP contribution < -0.4 is 14.8 Å². The summed E-state index contributed by atoms with van der Waals surface area (Å²) in [6.07, 6.45) is 0. The second kappa shape index (κ2) is 10.1. The van der Waals surface area contributed by atoms with Crippen molar-refractivity contribution in [2.24, 2.45) is 7.05 Å². The van der Waals surface area contributed by atoms with Crippen molar-refractivity contribution in [1.29, 1.82) is 0 Å². The van der Waals surface area contributed by atoms with Crippen molar-refractivity contribution in [3.63, 3.8) is 0 Å². The van der Waals surface area contributed by atoms with Crippen molar-refractivity contribution < 1.29 is 14.3 Å². The van der Waals surface area contributed by atoms with Gasteiger partial charge in [-0.2, -0.15) is 0 Å². The van der Waals surface area contributed by atoms with Gasteiger partial charge in [-0.25, -0.2) is 4.98 Å². The second-order valence-electron chi connectivity index (χ2n) is 7.18. The van der Waals surface area contributed by atoms with Crippen molar-refractivity contribution in [3.8, 4) is 34.1 Å². The lowest BCUT2D eigenvalue weighted by Gasteiger charge is -2.09. The van der Waals surface area contributed by atoms with Crippen LogP contribution in [0.3, 0.4) is 0 Å². The normalized spacial score (nSPS) is 10.8.